The minimum absolute atomic E-state index is 0.218. The molecule has 2 aromatic carbocycles. The van der Waals surface area contributed by atoms with Crippen LogP contribution in [-0.4, -0.2) is 46.4 Å². The van der Waals surface area contributed by atoms with Crippen molar-refractivity contribution < 1.29 is 19.7 Å². The number of ether oxygens (including phenoxy) is 1. The Kier molecular flexibility index (Phi) is 4.83. The first kappa shape index (κ1) is 16.5. The normalized spacial score (nSPS) is 20.9. The van der Waals surface area contributed by atoms with E-state index < -0.39 is 12.1 Å². The van der Waals surface area contributed by atoms with Gasteiger partial charge in [-0.3, -0.25) is 4.90 Å². The third-order valence-corrected chi connectivity index (χ3v) is 4.36. The average molecular weight is 327 g/mol. The number of carboxylic acids is 1. The van der Waals surface area contributed by atoms with E-state index in [1.165, 1.54) is 23.3 Å². The second-order valence-corrected chi connectivity index (χ2v) is 6.17. The molecule has 1 saturated heterocycles. The van der Waals surface area contributed by atoms with Gasteiger partial charge in [0.05, 0.1) is 5.56 Å². The maximum atomic E-state index is 10.9. The third-order valence-electron chi connectivity index (χ3n) is 4.36. The Bertz CT molecular complexity index is 714. The second-order valence-electron chi connectivity index (χ2n) is 6.17. The zero-order valence-electron chi connectivity index (χ0n) is 13.6. The van der Waals surface area contributed by atoms with Gasteiger partial charge in [0.2, 0.25) is 0 Å². The first-order chi connectivity index (χ1) is 11.5. The van der Waals surface area contributed by atoms with Crippen LogP contribution in [0.4, 0.5) is 0 Å². The summed E-state index contributed by atoms with van der Waals surface area (Å²) in [7, 11) is 0. The molecule has 0 unspecified atom stereocenters. The van der Waals surface area contributed by atoms with Crippen LogP contribution in [0.5, 0.6) is 5.75 Å². The van der Waals surface area contributed by atoms with Crippen molar-refractivity contribution in [1.29, 1.82) is 0 Å². The van der Waals surface area contributed by atoms with E-state index in [1.54, 1.807) is 12.1 Å². The Morgan fingerprint density at radius 2 is 1.88 bits per heavy atom. The zero-order chi connectivity index (χ0) is 17.1. The number of carboxylic acid groups (broad SMARTS) is 1. The molecule has 0 radical (unpaired) electrons. The van der Waals surface area contributed by atoms with Gasteiger partial charge in [-0.25, -0.2) is 4.79 Å². The lowest BCUT2D eigenvalue weighted by atomic mass is 10.1. The Morgan fingerprint density at radius 1 is 1.17 bits per heavy atom. The van der Waals surface area contributed by atoms with Crippen LogP contribution < -0.4 is 4.74 Å². The van der Waals surface area contributed by atoms with Crippen molar-refractivity contribution in [2.75, 3.05) is 13.1 Å². The molecule has 5 nitrogen and oxygen atoms in total. The number of carbonyl (C=O) groups is 1. The van der Waals surface area contributed by atoms with Crippen LogP contribution in [0.25, 0.3) is 0 Å². The number of nitrogens with zero attached hydrogens (tertiary/aromatic N) is 1. The average Bonchev–Trinajstić information content (AvgIpc) is 2.90. The van der Waals surface area contributed by atoms with Crippen molar-refractivity contribution in [3.63, 3.8) is 0 Å². The SMILES string of the molecule is Cc1ccccc1CN1C[C@@H](O)[C@H](Oc2ccc(C(=O)O)cc2)C1. The van der Waals surface area contributed by atoms with Gasteiger partial charge in [-0.2, -0.15) is 0 Å². The van der Waals surface area contributed by atoms with Gasteiger partial charge in [-0.15, -0.1) is 0 Å². The first-order valence-corrected chi connectivity index (χ1v) is 7.98. The number of aryl methyl sites for hydroxylation is 1. The number of hydrogen-bond donors (Lipinski definition) is 2. The first-order valence-electron chi connectivity index (χ1n) is 7.98. The molecule has 0 bridgehead atoms. The topological polar surface area (TPSA) is 70.0 Å². The van der Waals surface area contributed by atoms with Crippen LogP contribution in [0.2, 0.25) is 0 Å². The zero-order valence-corrected chi connectivity index (χ0v) is 13.6. The van der Waals surface area contributed by atoms with E-state index in [2.05, 4.69) is 24.0 Å². The summed E-state index contributed by atoms with van der Waals surface area (Å²) in [4.78, 5) is 13.0. The van der Waals surface area contributed by atoms with Gasteiger partial charge in [0.15, 0.2) is 0 Å². The van der Waals surface area contributed by atoms with E-state index in [-0.39, 0.29) is 11.7 Å². The molecule has 5 heteroatoms. The van der Waals surface area contributed by atoms with Gasteiger partial charge in [0, 0.05) is 19.6 Å². The van der Waals surface area contributed by atoms with E-state index >= 15 is 0 Å². The molecule has 0 aliphatic carbocycles. The molecule has 1 aliphatic rings. The van der Waals surface area contributed by atoms with Crippen molar-refractivity contribution in [1.82, 2.24) is 4.90 Å². The highest BCUT2D eigenvalue weighted by Gasteiger charge is 2.33. The predicted octanol–water partition coefficient (Wildman–Crippen LogP) is 2.32. The molecule has 0 saturated carbocycles. The molecule has 126 valence electrons. The van der Waals surface area contributed by atoms with Crippen LogP contribution >= 0.6 is 0 Å². The largest absolute Gasteiger partial charge is 0.486 e. The number of β-amino-alcohol motifs (C(OH)–C–C–N with tert-alkyl or cyclic N) is 1. The van der Waals surface area contributed by atoms with Gasteiger partial charge in [0.1, 0.15) is 18.0 Å². The van der Waals surface area contributed by atoms with Crippen LogP contribution in [0.1, 0.15) is 21.5 Å². The molecule has 2 atom stereocenters. The van der Waals surface area contributed by atoms with Crippen molar-refractivity contribution in [2.45, 2.75) is 25.7 Å². The standard InChI is InChI=1S/C19H21NO4/c1-13-4-2-3-5-15(13)10-20-11-17(21)18(12-20)24-16-8-6-14(7-9-16)19(22)23/h2-9,17-18,21H,10-12H2,1H3,(H,22,23)/t17-,18-/m1/s1. The fourth-order valence-electron chi connectivity index (χ4n) is 2.96. The maximum Gasteiger partial charge on any atom is 0.335 e. The fourth-order valence-corrected chi connectivity index (χ4v) is 2.96. The minimum Gasteiger partial charge on any atom is -0.486 e. The van der Waals surface area contributed by atoms with Crippen LogP contribution in [0.3, 0.4) is 0 Å². The van der Waals surface area contributed by atoms with E-state index in [4.69, 9.17) is 9.84 Å². The molecular formula is C19H21NO4. The van der Waals surface area contributed by atoms with E-state index in [0.29, 0.717) is 18.8 Å². The summed E-state index contributed by atoms with van der Waals surface area (Å²) in [6.45, 7) is 4.06. The number of aliphatic hydroxyl groups is 1. The molecule has 3 rings (SSSR count). The molecular weight excluding hydrogens is 306 g/mol. The van der Waals surface area contributed by atoms with Crippen LogP contribution in [0, 0.1) is 6.92 Å². The maximum absolute atomic E-state index is 10.9. The lowest BCUT2D eigenvalue weighted by Crippen LogP contribution is -2.29. The van der Waals surface area contributed by atoms with Crippen LogP contribution in [0.15, 0.2) is 48.5 Å². The number of rotatable bonds is 5. The molecule has 1 heterocycles. The van der Waals surface area contributed by atoms with Crippen molar-refractivity contribution in [3.8, 4) is 5.75 Å². The highest BCUT2D eigenvalue weighted by atomic mass is 16.5. The summed E-state index contributed by atoms with van der Waals surface area (Å²) < 4.78 is 5.84. The van der Waals surface area contributed by atoms with Gasteiger partial charge >= 0.3 is 5.97 Å². The summed E-state index contributed by atoms with van der Waals surface area (Å²) in [5.74, 6) is -0.395. The van der Waals surface area contributed by atoms with Crippen molar-refractivity contribution >= 4 is 5.97 Å². The smallest absolute Gasteiger partial charge is 0.335 e. The summed E-state index contributed by atoms with van der Waals surface area (Å²) in [5, 5.41) is 19.2. The number of likely N-dealkylation sites (tertiary alicyclic amines) is 1. The summed E-state index contributed by atoms with van der Waals surface area (Å²) in [5.41, 5.74) is 2.70. The quantitative estimate of drug-likeness (QED) is 0.882. The van der Waals surface area contributed by atoms with Gasteiger partial charge < -0.3 is 14.9 Å². The van der Waals surface area contributed by atoms with Gasteiger partial charge in [0.25, 0.3) is 0 Å². The number of hydrogen-bond acceptors (Lipinski definition) is 4. The summed E-state index contributed by atoms with van der Waals surface area (Å²) in [6, 6.07) is 14.5. The number of aliphatic hydroxyl groups excluding tert-OH is 1. The highest BCUT2D eigenvalue weighted by molar-refractivity contribution is 5.87. The second kappa shape index (κ2) is 7.03. The molecule has 1 fully saturated rings. The molecule has 0 amide bonds. The lowest BCUT2D eigenvalue weighted by Gasteiger charge is -2.18. The van der Waals surface area contributed by atoms with E-state index in [9.17, 15) is 9.90 Å². The lowest BCUT2D eigenvalue weighted by molar-refractivity contribution is 0.0693. The van der Waals surface area contributed by atoms with Crippen molar-refractivity contribution in [3.05, 3.63) is 65.2 Å². The molecule has 24 heavy (non-hydrogen) atoms. The number of aromatic carboxylic acids is 1. The highest BCUT2D eigenvalue weighted by Crippen LogP contribution is 2.21. The van der Waals surface area contributed by atoms with E-state index in [1.807, 2.05) is 12.1 Å². The summed E-state index contributed by atoms with van der Waals surface area (Å²) >= 11 is 0. The molecule has 0 spiro atoms. The predicted molar refractivity (Wildman–Crippen MR) is 90.3 cm³/mol. The minimum atomic E-state index is -0.966. The molecule has 2 aromatic rings. The summed E-state index contributed by atoms with van der Waals surface area (Å²) in [6.07, 6.45) is -0.877. The third kappa shape index (κ3) is 3.75. The Labute approximate surface area is 141 Å². The van der Waals surface area contributed by atoms with Gasteiger partial charge in [-0.1, -0.05) is 24.3 Å². The number of benzene rings is 2. The Hall–Kier alpha value is -2.37. The molecule has 2 N–H and O–H groups in total. The van der Waals surface area contributed by atoms with E-state index in [0.717, 1.165) is 6.54 Å². The molecule has 0 aromatic heterocycles. The Balaban J connectivity index is 1.61. The Morgan fingerprint density at radius 3 is 2.54 bits per heavy atom. The molecule has 1 aliphatic heterocycles. The monoisotopic (exact) mass is 327 g/mol. The van der Waals surface area contributed by atoms with Gasteiger partial charge in [-0.05, 0) is 42.3 Å². The van der Waals surface area contributed by atoms with Crippen molar-refractivity contribution in [2.24, 2.45) is 0 Å². The van der Waals surface area contributed by atoms with Crippen LogP contribution in [-0.2, 0) is 6.54 Å². The fraction of sp³-hybridized carbons (Fsp3) is 0.316.